The van der Waals surface area contributed by atoms with Gasteiger partial charge in [0.05, 0.1) is 18.2 Å². The molecule has 2 aromatic rings. The van der Waals surface area contributed by atoms with Gasteiger partial charge in [-0.2, -0.15) is 0 Å². The molecule has 0 saturated carbocycles. The van der Waals surface area contributed by atoms with E-state index in [0.717, 1.165) is 41.8 Å². The number of thiazole rings is 1. The second-order valence-corrected chi connectivity index (χ2v) is 7.09. The molecule has 1 aromatic carbocycles. The van der Waals surface area contributed by atoms with Crippen LogP contribution in [0.2, 0.25) is 0 Å². The first-order valence-corrected chi connectivity index (χ1v) is 9.59. The Morgan fingerprint density at radius 3 is 2.65 bits per heavy atom. The van der Waals surface area contributed by atoms with Gasteiger partial charge in [-0.3, -0.25) is 0 Å². The summed E-state index contributed by atoms with van der Waals surface area (Å²) in [5, 5.41) is 7.82. The molecule has 144 valence electrons. The maximum atomic E-state index is 5.59. The zero-order chi connectivity index (χ0) is 18.1. The van der Waals surface area contributed by atoms with Crippen LogP contribution in [0.3, 0.4) is 0 Å². The Hall–Kier alpha value is -1.35. The molecule has 0 bridgehead atoms. The van der Waals surface area contributed by atoms with Crippen LogP contribution in [-0.2, 0) is 13.0 Å². The predicted molar refractivity (Wildman–Crippen MR) is 121 cm³/mol. The van der Waals surface area contributed by atoms with Crippen molar-refractivity contribution in [3.8, 4) is 5.75 Å². The average molecular weight is 488 g/mol. The molecule has 1 aromatic heterocycles. The van der Waals surface area contributed by atoms with Crippen molar-refractivity contribution in [2.24, 2.45) is 4.99 Å². The number of nitrogens with one attached hydrogen (secondary N) is 2. The summed E-state index contributed by atoms with van der Waals surface area (Å²) in [5.74, 6) is 1.78. The SMILES string of the molecule is CCNC(=NCc1ccc(OCC)c(C)c1)NCCc1ncc(C)s1.I. The molecule has 5 nitrogen and oxygen atoms in total. The normalized spacial score (nSPS) is 11.0. The van der Waals surface area contributed by atoms with E-state index in [-0.39, 0.29) is 24.0 Å². The third-order valence-electron chi connectivity index (χ3n) is 3.60. The Bertz CT molecular complexity index is 703. The highest BCUT2D eigenvalue weighted by molar-refractivity contribution is 14.0. The maximum absolute atomic E-state index is 5.59. The minimum absolute atomic E-state index is 0. The number of hydrogen-bond donors (Lipinski definition) is 2. The van der Waals surface area contributed by atoms with Crippen LogP contribution >= 0.6 is 35.3 Å². The summed E-state index contributed by atoms with van der Waals surface area (Å²) in [6.45, 7) is 11.2. The molecule has 0 fully saturated rings. The summed E-state index contributed by atoms with van der Waals surface area (Å²) in [4.78, 5) is 10.3. The van der Waals surface area contributed by atoms with E-state index in [1.54, 1.807) is 11.3 Å². The zero-order valence-electron chi connectivity index (χ0n) is 16.0. The van der Waals surface area contributed by atoms with Crippen LogP contribution in [0, 0.1) is 13.8 Å². The van der Waals surface area contributed by atoms with E-state index in [1.165, 1.54) is 10.4 Å². The topological polar surface area (TPSA) is 58.5 Å². The highest BCUT2D eigenvalue weighted by atomic mass is 127. The first-order chi connectivity index (χ1) is 12.1. The Labute approximate surface area is 177 Å². The van der Waals surface area contributed by atoms with E-state index >= 15 is 0 Å². The molecular weight excluding hydrogens is 459 g/mol. The van der Waals surface area contributed by atoms with E-state index in [1.807, 2.05) is 19.2 Å². The van der Waals surface area contributed by atoms with Gasteiger partial charge in [-0.05, 0) is 44.9 Å². The van der Waals surface area contributed by atoms with Crippen molar-refractivity contribution in [3.05, 3.63) is 45.4 Å². The van der Waals surface area contributed by atoms with Crippen LogP contribution in [-0.4, -0.2) is 30.6 Å². The molecule has 0 aliphatic heterocycles. The van der Waals surface area contributed by atoms with Gasteiger partial charge in [0.1, 0.15) is 5.75 Å². The molecule has 2 rings (SSSR count). The first kappa shape index (κ1) is 22.7. The fraction of sp³-hybridized carbons (Fsp3) is 0.474. The molecule has 0 saturated heterocycles. The summed E-state index contributed by atoms with van der Waals surface area (Å²) >= 11 is 1.75. The number of rotatable bonds is 8. The first-order valence-electron chi connectivity index (χ1n) is 8.78. The van der Waals surface area contributed by atoms with Crippen molar-refractivity contribution >= 4 is 41.3 Å². The Kier molecular flexibility index (Phi) is 10.6. The number of ether oxygens (including phenoxy) is 1. The van der Waals surface area contributed by atoms with Gasteiger partial charge in [0.25, 0.3) is 0 Å². The van der Waals surface area contributed by atoms with Crippen molar-refractivity contribution in [3.63, 3.8) is 0 Å². The van der Waals surface area contributed by atoms with Gasteiger partial charge in [-0.15, -0.1) is 35.3 Å². The molecule has 7 heteroatoms. The van der Waals surface area contributed by atoms with E-state index in [4.69, 9.17) is 4.74 Å². The van der Waals surface area contributed by atoms with Gasteiger partial charge in [0, 0.05) is 30.6 Å². The number of halogens is 1. The number of nitrogens with zero attached hydrogens (tertiary/aromatic N) is 2. The molecule has 0 radical (unpaired) electrons. The van der Waals surface area contributed by atoms with Crippen molar-refractivity contribution in [1.82, 2.24) is 15.6 Å². The molecule has 0 amide bonds. The van der Waals surface area contributed by atoms with Crippen molar-refractivity contribution in [2.75, 3.05) is 19.7 Å². The van der Waals surface area contributed by atoms with E-state index in [0.29, 0.717) is 13.2 Å². The molecule has 0 aliphatic rings. The van der Waals surface area contributed by atoms with Crippen LogP contribution in [0.25, 0.3) is 0 Å². The fourth-order valence-electron chi connectivity index (χ4n) is 2.44. The smallest absolute Gasteiger partial charge is 0.191 e. The van der Waals surface area contributed by atoms with E-state index in [9.17, 15) is 0 Å². The molecule has 26 heavy (non-hydrogen) atoms. The maximum Gasteiger partial charge on any atom is 0.191 e. The monoisotopic (exact) mass is 488 g/mol. The average Bonchev–Trinajstić information content (AvgIpc) is 3.00. The summed E-state index contributed by atoms with van der Waals surface area (Å²) in [6.07, 6.45) is 2.83. The molecule has 0 atom stereocenters. The highest BCUT2D eigenvalue weighted by Gasteiger charge is 2.03. The largest absolute Gasteiger partial charge is 0.494 e. The van der Waals surface area contributed by atoms with Crippen LogP contribution in [0.15, 0.2) is 29.4 Å². The standard InChI is InChI=1S/C19H28N4OS.HI/c1-5-20-19(21-10-9-18-22-12-15(4)25-18)23-13-16-7-8-17(24-6-2)14(3)11-16;/h7-8,11-12H,5-6,9-10,13H2,1-4H3,(H2,20,21,23);1H. The quantitative estimate of drug-likeness (QED) is 0.334. The number of benzene rings is 1. The Morgan fingerprint density at radius 1 is 1.23 bits per heavy atom. The summed E-state index contributed by atoms with van der Waals surface area (Å²) in [7, 11) is 0. The number of aromatic nitrogens is 1. The summed E-state index contributed by atoms with van der Waals surface area (Å²) in [5.41, 5.74) is 2.32. The van der Waals surface area contributed by atoms with Gasteiger partial charge >= 0.3 is 0 Å². The number of guanidine groups is 1. The summed E-state index contributed by atoms with van der Waals surface area (Å²) in [6, 6.07) is 6.23. The van der Waals surface area contributed by atoms with Crippen molar-refractivity contribution in [2.45, 2.75) is 40.7 Å². The Morgan fingerprint density at radius 2 is 2.04 bits per heavy atom. The van der Waals surface area contributed by atoms with E-state index in [2.05, 4.69) is 53.5 Å². The summed E-state index contributed by atoms with van der Waals surface area (Å²) < 4.78 is 5.59. The van der Waals surface area contributed by atoms with Gasteiger partial charge in [-0.1, -0.05) is 12.1 Å². The number of aryl methyl sites for hydroxylation is 2. The molecule has 0 unspecified atom stereocenters. The lowest BCUT2D eigenvalue weighted by Gasteiger charge is -2.11. The lowest BCUT2D eigenvalue weighted by molar-refractivity contribution is 0.338. The number of aliphatic imine (C=N–C) groups is 1. The second-order valence-electron chi connectivity index (χ2n) is 5.77. The van der Waals surface area contributed by atoms with Gasteiger partial charge in [0.15, 0.2) is 5.96 Å². The fourth-order valence-corrected chi connectivity index (χ4v) is 3.23. The van der Waals surface area contributed by atoms with Crippen LogP contribution < -0.4 is 15.4 Å². The third-order valence-corrected chi connectivity index (χ3v) is 4.58. The minimum Gasteiger partial charge on any atom is -0.494 e. The molecule has 1 heterocycles. The van der Waals surface area contributed by atoms with Gasteiger partial charge in [-0.25, -0.2) is 9.98 Å². The molecular formula is C19H29IN4OS. The Balaban J connectivity index is 0.00000338. The van der Waals surface area contributed by atoms with Crippen LogP contribution in [0.1, 0.15) is 34.9 Å². The third kappa shape index (κ3) is 7.49. The zero-order valence-corrected chi connectivity index (χ0v) is 19.1. The minimum atomic E-state index is 0. The van der Waals surface area contributed by atoms with Gasteiger partial charge < -0.3 is 15.4 Å². The van der Waals surface area contributed by atoms with Crippen LogP contribution in [0.5, 0.6) is 5.75 Å². The van der Waals surface area contributed by atoms with Gasteiger partial charge in [0.2, 0.25) is 0 Å². The van der Waals surface area contributed by atoms with E-state index < -0.39 is 0 Å². The predicted octanol–water partition coefficient (Wildman–Crippen LogP) is 4.07. The highest BCUT2D eigenvalue weighted by Crippen LogP contribution is 2.19. The van der Waals surface area contributed by atoms with Crippen molar-refractivity contribution < 1.29 is 4.74 Å². The lowest BCUT2D eigenvalue weighted by Crippen LogP contribution is -2.38. The second kappa shape index (κ2) is 12.1. The molecule has 0 aliphatic carbocycles. The number of hydrogen-bond acceptors (Lipinski definition) is 4. The molecule has 0 spiro atoms. The lowest BCUT2D eigenvalue weighted by atomic mass is 10.1. The van der Waals surface area contributed by atoms with Crippen LogP contribution in [0.4, 0.5) is 0 Å². The van der Waals surface area contributed by atoms with Crippen molar-refractivity contribution in [1.29, 1.82) is 0 Å². The molecule has 2 N–H and O–H groups in total.